The lowest BCUT2D eigenvalue weighted by molar-refractivity contribution is -0.856. The SMILES string of the molecule is C[NH+](C)CCNC(=S)N1CCN(S(=O)(=O)Cc2ccccc2)CC1. The van der Waals surface area contributed by atoms with Crippen molar-refractivity contribution < 1.29 is 13.3 Å². The van der Waals surface area contributed by atoms with Gasteiger partial charge in [0.1, 0.15) is 0 Å². The number of benzene rings is 1. The maximum atomic E-state index is 12.5. The summed E-state index contributed by atoms with van der Waals surface area (Å²) in [6.45, 7) is 4.05. The molecule has 0 spiro atoms. The van der Waals surface area contributed by atoms with Crippen molar-refractivity contribution in [3.63, 3.8) is 0 Å². The van der Waals surface area contributed by atoms with Crippen LogP contribution in [0.25, 0.3) is 0 Å². The highest BCUT2D eigenvalue weighted by Crippen LogP contribution is 2.13. The minimum atomic E-state index is -3.27. The van der Waals surface area contributed by atoms with Gasteiger partial charge in [-0.3, -0.25) is 0 Å². The van der Waals surface area contributed by atoms with Gasteiger partial charge in [-0.15, -0.1) is 0 Å². The first kappa shape index (κ1) is 19.1. The van der Waals surface area contributed by atoms with E-state index in [1.54, 1.807) is 4.31 Å². The van der Waals surface area contributed by atoms with Gasteiger partial charge in [0.05, 0.1) is 32.9 Å². The first-order valence-electron chi connectivity index (χ1n) is 8.22. The highest BCUT2D eigenvalue weighted by atomic mass is 32.2. The number of rotatable bonds is 6. The molecule has 1 aromatic carbocycles. The number of likely N-dealkylation sites (N-methyl/N-ethyl adjacent to an activating group) is 1. The van der Waals surface area contributed by atoms with Crippen molar-refractivity contribution in [1.29, 1.82) is 0 Å². The van der Waals surface area contributed by atoms with Gasteiger partial charge in [0.15, 0.2) is 5.11 Å². The number of nitrogens with zero attached hydrogens (tertiary/aromatic N) is 2. The van der Waals surface area contributed by atoms with E-state index in [1.165, 1.54) is 4.90 Å². The molecule has 0 amide bonds. The molecule has 6 nitrogen and oxygen atoms in total. The number of hydrogen-bond acceptors (Lipinski definition) is 3. The molecule has 2 rings (SSSR count). The zero-order valence-corrected chi connectivity index (χ0v) is 16.0. The van der Waals surface area contributed by atoms with Gasteiger partial charge in [-0.25, -0.2) is 8.42 Å². The fourth-order valence-electron chi connectivity index (χ4n) is 2.58. The Balaban J connectivity index is 1.82. The standard InChI is InChI=1S/C16H26N4O2S2/c1-18(2)9-8-17-16(23)19-10-12-20(13-11-19)24(21,22)14-15-6-4-3-5-7-15/h3-7H,8-14H2,1-2H3,(H,17,23)/p+1. The van der Waals surface area contributed by atoms with Crippen molar-refractivity contribution >= 4 is 27.4 Å². The summed E-state index contributed by atoms with van der Waals surface area (Å²) in [7, 11) is 0.923. The predicted octanol–water partition coefficient (Wildman–Crippen LogP) is -0.847. The number of thiocarbonyl (C=S) groups is 1. The second kappa shape index (κ2) is 8.75. The third-order valence-corrected chi connectivity index (χ3v) is 6.26. The van der Waals surface area contributed by atoms with Gasteiger partial charge in [-0.2, -0.15) is 4.31 Å². The first-order chi connectivity index (χ1) is 11.4. The van der Waals surface area contributed by atoms with Crippen LogP contribution in [0.15, 0.2) is 30.3 Å². The van der Waals surface area contributed by atoms with Crippen LogP contribution < -0.4 is 10.2 Å². The Kier molecular flexibility index (Phi) is 6.97. The molecular formula is C16H27N4O2S2+. The van der Waals surface area contributed by atoms with Crippen LogP contribution in [0.3, 0.4) is 0 Å². The fraction of sp³-hybridized carbons (Fsp3) is 0.562. The van der Waals surface area contributed by atoms with Gasteiger partial charge >= 0.3 is 0 Å². The highest BCUT2D eigenvalue weighted by Gasteiger charge is 2.27. The van der Waals surface area contributed by atoms with Crippen LogP contribution >= 0.6 is 12.2 Å². The van der Waals surface area contributed by atoms with E-state index in [2.05, 4.69) is 24.3 Å². The number of piperazine rings is 1. The summed E-state index contributed by atoms with van der Waals surface area (Å²) < 4.78 is 26.6. The molecule has 0 unspecified atom stereocenters. The number of sulfonamides is 1. The van der Waals surface area contributed by atoms with Crippen molar-refractivity contribution in [1.82, 2.24) is 14.5 Å². The van der Waals surface area contributed by atoms with Crippen molar-refractivity contribution in [3.8, 4) is 0 Å². The first-order valence-corrected chi connectivity index (χ1v) is 10.2. The number of nitrogens with one attached hydrogen (secondary N) is 2. The molecule has 1 fully saturated rings. The second-order valence-electron chi connectivity index (χ2n) is 6.32. The zero-order chi connectivity index (χ0) is 17.6. The van der Waals surface area contributed by atoms with Crippen LogP contribution in [0.5, 0.6) is 0 Å². The second-order valence-corrected chi connectivity index (χ2v) is 8.67. The maximum Gasteiger partial charge on any atom is 0.218 e. The summed E-state index contributed by atoms with van der Waals surface area (Å²) in [5.41, 5.74) is 0.823. The Hall–Kier alpha value is -1.22. The molecular weight excluding hydrogens is 344 g/mol. The minimum Gasteiger partial charge on any atom is -0.357 e. The molecule has 0 radical (unpaired) electrons. The average molecular weight is 372 g/mol. The highest BCUT2D eigenvalue weighted by molar-refractivity contribution is 7.88. The summed E-state index contributed by atoms with van der Waals surface area (Å²) in [5, 5.41) is 3.96. The van der Waals surface area contributed by atoms with Crippen LogP contribution in [0, 0.1) is 0 Å². The third kappa shape index (κ3) is 5.70. The molecule has 0 atom stereocenters. The van der Waals surface area contributed by atoms with E-state index in [1.807, 2.05) is 30.3 Å². The molecule has 0 aromatic heterocycles. The van der Waals surface area contributed by atoms with Gasteiger partial charge in [-0.1, -0.05) is 30.3 Å². The van der Waals surface area contributed by atoms with Crippen molar-refractivity contribution in [2.24, 2.45) is 0 Å². The van der Waals surface area contributed by atoms with Crippen LogP contribution in [0.4, 0.5) is 0 Å². The van der Waals surface area contributed by atoms with Crippen LogP contribution in [0.1, 0.15) is 5.56 Å². The van der Waals surface area contributed by atoms with Crippen molar-refractivity contribution in [3.05, 3.63) is 35.9 Å². The average Bonchev–Trinajstić information content (AvgIpc) is 2.55. The minimum absolute atomic E-state index is 0.0577. The molecule has 0 aliphatic carbocycles. The lowest BCUT2D eigenvalue weighted by atomic mass is 10.2. The summed E-state index contributed by atoms with van der Waals surface area (Å²) in [4.78, 5) is 3.41. The van der Waals surface area contributed by atoms with Gasteiger partial charge in [0, 0.05) is 26.2 Å². The van der Waals surface area contributed by atoms with E-state index in [9.17, 15) is 8.42 Å². The maximum absolute atomic E-state index is 12.5. The van der Waals surface area contributed by atoms with Crippen LogP contribution in [0.2, 0.25) is 0 Å². The van der Waals surface area contributed by atoms with Crippen LogP contribution in [-0.2, 0) is 15.8 Å². The van der Waals surface area contributed by atoms with Gasteiger partial charge in [0.25, 0.3) is 0 Å². The predicted molar refractivity (Wildman–Crippen MR) is 100 cm³/mol. The van der Waals surface area contributed by atoms with Gasteiger partial charge < -0.3 is 15.1 Å². The van der Waals surface area contributed by atoms with E-state index in [-0.39, 0.29) is 5.75 Å². The van der Waals surface area contributed by atoms with E-state index in [4.69, 9.17) is 12.2 Å². The molecule has 1 aliphatic rings. The monoisotopic (exact) mass is 371 g/mol. The van der Waals surface area contributed by atoms with E-state index in [0.717, 1.165) is 23.8 Å². The molecule has 1 saturated heterocycles. The lowest BCUT2D eigenvalue weighted by Crippen LogP contribution is -3.06. The lowest BCUT2D eigenvalue weighted by Gasteiger charge is -2.35. The topological polar surface area (TPSA) is 57.1 Å². The Morgan fingerprint density at radius 1 is 1.17 bits per heavy atom. The molecule has 0 bridgehead atoms. The molecule has 134 valence electrons. The Morgan fingerprint density at radius 3 is 2.38 bits per heavy atom. The summed E-state index contributed by atoms with van der Waals surface area (Å²) >= 11 is 5.40. The number of hydrogen-bond donors (Lipinski definition) is 2. The van der Waals surface area contributed by atoms with E-state index >= 15 is 0 Å². The van der Waals surface area contributed by atoms with E-state index < -0.39 is 10.0 Å². The Labute approximate surface area is 150 Å². The zero-order valence-electron chi connectivity index (χ0n) is 14.4. The Morgan fingerprint density at radius 2 is 1.79 bits per heavy atom. The number of quaternary nitrogens is 1. The smallest absolute Gasteiger partial charge is 0.218 e. The molecule has 1 heterocycles. The van der Waals surface area contributed by atoms with Gasteiger partial charge in [0.2, 0.25) is 10.0 Å². The molecule has 0 saturated carbocycles. The van der Waals surface area contributed by atoms with Crippen molar-refractivity contribution in [2.45, 2.75) is 5.75 Å². The molecule has 1 aromatic rings. The molecule has 2 N–H and O–H groups in total. The summed E-state index contributed by atoms with van der Waals surface area (Å²) in [6, 6.07) is 9.31. The largest absolute Gasteiger partial charge is 0.357 e. The Bertz CT molecular complexity index is 627. The normalized spacial score (nSPS) is 16.4. The fourth-order valence-corrected chi connectivity index (χ4v) is 4.38. The van der Waals surface area contributed by atoms with Crippen LogP contribution in [-0.4, -0.2) is 76.1 Å². The molecule has 8 heteroatoms. The summed E-state index contributed by atoms with van der Waals surface area (Å²) in [6.07, 6.45) is 0. The van der Waals surface area contributed by atoms with E-state index in [0.29, 0.717) is 26.2 Å². The quantitative estimate of drug-likeness (QED) is 0.639. The molecule has 1 aliphatic heterocycles. The third-order valence-electron chi connectivity index (χ3n) is 4.01. The van der Waals surface area contributed by atoms with Gasteiger partial charge in [-0.05, 0) is 17.8 Å². The van der Waals surface area contributed by atoms with Crippen molar-refractivity contribution in [2.75, 3.05) is 53.4 Å². The summed E-state index contributed by atoms with van der Waals surface area (Å²) in [5.74, 6) is 0.0577. The molecule has 24 heavy (non-hydrogen) atoms.